The van der Waals surface area contributed by atoms with Gasteiger partial charge >= 0.3 is 0 Å². The van der Waals surface area contributed by atoms with Crippen molar-refractivity contribution >= 4 is 9.84 Å². The Bertz CT molecular complexity index is 528. The third kappa shape index (κ3) is 3.96. The number of sulfone groups is 1. The molecule has 106 valence electrons. The van der Waals surface area contributed by atoms with Gasteiger partial charge < -0.3 is 4.74 Å². The number of hydrogen-bond donors (Lipinski definition) is 0. The van der Waals surface area contributed by atoms with Crippen LogP contribution in [-0.2, 0) is 9.84 Å². The molecule has 0 amide bonds. The smallest absolute Gasteiger partial charge is 0.150 e. The highest BCUT2D eigenvalue weighted by Gasteiger charge is 2.29. The summed E-state index contributed by atoms with van der Waals surface area (Å²) in [5, 5.41) is -0.239. The summed E-state index contributed by atoms with van der Waals surface area (Å²) in [6, 6.07) is 6.13. The van der Waals surface area contributed by atoms with E-state index < -0.39 is 9.84 Å². The average molecular weight is 282 g/mol. The molecule has 3 nitrogen and oxygen atoms in total. The first-order valence-corrected chi connectivity index (χ1v) is 8.74. The topological polar surface area (TPSA) is 43.4 Å². The lowest BCUT2D eigenvalue weighted by molar-refractivity contribution is 0.156. The lowest BCUT2D eigenvalue weighted by Gasteiger charge is -2.28. The quantitative estimate of drug-likeness (QED) is 0.856. The molecule has 1 aliphatic carbocycles. The molecule has 2 rings (SSSR count). The van der Waals surface area contributed by atoms with Crippen LogP contribution in [0.5, 0.6) is 5.75 Å². The number of ether oxygens (including phenoxy) is 1. The number of benzene rings is 1. The summed E-state index contributed by atoms with van der Waals surface area (Å²) in [6.07, 6.45) is 4.61. The van der Waals surface area contributed by atoms with Crippen molar-refractivity contribution in [2.24, 2.45) is 0 Å². The highest BCUT2D eigenvalue weighted by Crippen LogP contribution is 2.28. The van der Waals surface area contributed by atoms with Crippen LogP contribution in [0.2, 0.25) is 0 Å². The first kappa shape index (κ1) is 14.4. The van der Waals surface area contributed by atoms with Gasteiger partial charge in [-0.2, -0.15) is 0 Å². The Kier molecular flexibility index (Phi) is 4.19. The SMILES string of the molecule is Cc1cc(C)cc(OC2CCCC(S(C)(=O)=O)C2)c1. The monoisotopic (exact) mass is 282 g/mol. The van der Waals surface area contributed by atoms with Crippen LogP contribution in [0.4, 0.5) is 0 Å². The predicted molar refractivity (Wildman–Crippen MR) is 77.4 cm³/mol. The van der Waals surface area contributed by atoms with Crippen molar-refractivity contribution in [2.45, 2.75) is 50.9 Å². The molecule has 1 fully saturated rings. The van der Waals surface area contributed by atoms with E-state index in [1.54, 1.807) is 0 Å². The minimum atomic E-state index is -2.95. The lowest BCUT2D eigenvalue weighted by Crippen LogP contribution is -2.33. The van der Waals surface area contributed by atoms with Gasteiger partial charge in [-0.25, -0.2) is 8.42 Å². The molecule has 0 spiro atoms. The average Bonchev–Trinajstić information content (AvgIpc) is 2.26. The maximum Gasteiger partial charge on any atom is 0.150 e. The highest BCUT2D eigenvalue weighted by molar-refractivity contribution is 7.91. The fraction of sp³-hybridized carbons (Fsp3) is 0.600. The van der Waals surface area contributed by atoms with Gasteiger partial charge in [0.05, 0.1) is 11.4 Å². The summed E-state index contributed by atoms with van der Waals surface area (Å²) in [7, 11) is -2.95. The second kappa shape index (κ2) is 5.53. The Morgan fingerprint density at radius 2 is 1.74 bits per heavy atom. The molecule has 0 bridgehead atoms. The van der Waals surface area contributed by atoms with Gasteiger partial charge in [0.15, 0.2) is 0 Å². The van der Waals surface area contributed by atoms with E-state index in [9.17, 15) is 8.42 Å². The van der Waals surface area contributed by atoms with Crippen LogP contribution in [0.15, 0.2) is 18.2 Å². The van der Waals surface area contributed by atoms with Crippen LogP contribution < -0.4 is 4.74 Å². The Morgan fingerprint density at radius 1 is 1.11 bits per heavy atom. The molecule has 0 aliphatic heterocycles. The second-order valence-electron chi connectivity index (χ2n) is 5.68. The van der Waals surface area contributed by atoms with E-state index in [0.29, 0.717) is 6.42 Å². The largest absolute Gasteiger partial charge is 0.490 e. The van der Waals surface area contributed by atoms with Gasteiger partial charge in [-0.3, -0.25) is 0 Å². The third-order valence-corrected chi connectivity index (χ3v) is 5.32. The van der Waals surface area contributed by atoms with Crippen molar-refractivity contribution in [3.8, 4) is 5.75 Å². The van der Waals surface area contributed by atoms with E-state index in [1.807, 2.05) is 26.0 Å². The van der Waals surface area contributed by atoms with E-state index >= 15 is 0 Å². The molecule has 2 atom stereocenters. The molecular weight excluding hydrogens is 260 g/mol. The van der Waals surface area contributed by atoms with Crippen molar-refractivity contribution in [1.82, 2.24) is 0 Å². The van der Waals surface area contributed by atoms with E-state index in [4.69, 9.17) is 4.74 Å². The number of rotatable bonds is 3. The zero-order chi connectivity index (χ0) is 14.0. The summed E-state index contributed by atoms with van der Waals surface area (Å²) < 4.78 is 29.3. The van der Waals surface area contributed by atoms with Crippen molar-refractivity contribution in [3.05, 3.63) is 29.3 Å². The van der Waals surface area contributed by atoms with Crippen LogP contribution >= 0.6 is 0 Å². The summed E-state index contributed by atoms with van der Waals surface area (Å²) in [6.45, 7) is 4.08. The normalized spacial score (nSPS) is 24.2. The first-order chi connectivity index (χ1) is 8.84. The molecule has 0 heterocycles. The fourth-order valence-corrected chi connectivity index (χ4v) is 3.95. The minimum Gasteiger partial charge on any atom is -0.490 e. The van der Waals surface area contributed by atoms with Gasteiger partial charge in [0.1, 0.15) is 15.6 Å². The summed E-state index contributed by atoms with van der Waals surface area (Å²) >= 11 is 0. The predicted octanol–water partition coefficient (Wildman–Crippen LogP) is 3.04. The van der Waals surface area contributed by atoms with Crippen molar-refractivity contribution in [2.75, 3.05) is 6.26 Å². The number of hydrogen-bond acceptors (Lipinski definition) is 3. The van der Waals surface area contributed by atoms with Gasteiger partial charge in [-0.15, -0.1) is 0 Å². The molecule has 4 heteroatoms. The Balaban J connectivity index is 2.06. The van der Waals surface area contributed by atoms with Gasteiger partial charge in [0.25, 0.3) is 0 Å². The summed E-state index contributed by atoms with van der Waals surface area (Å²) in [5.41, 5.74) is 2.34. The molecule has 0 saturated heterocycles. The molecule has 0 N–H and O–H groups in total. The maximum atomic E-state index is 11.6. The van der Waals surface area contributed by atoms with E-state index in [2.05, 4.69) is 6.07 Å². The van der Waals surface area contributed by atoms with Crippen molar-refractivity contribution in [3.63, 3.8) is 0 Å². The fourth-order valence-electron chi connectivity index (χ4n) is 2.79. The molecular formula is C15H22O3S. The molecule has 19 heavy (non-hydrogen) atoms. The lowest BCUT2D eigenvalue weighted by atomic mass is 9.97. The Labute approximate surface area is 115 Å². The van der Waals surface area contributed by atoms with E-state index in [-0.39, 0.29) is 11.4 Å². The molecule has 1 aliphatic rings. The van der Waals surface area contributed by atoms with Gasteiger partial charge in [-0.05, 0) is 56.4 Å². The summed E-state index contributed by atoms with van der Waals surface area (Å²) in [4.78, 5) is 0. The van der Waals surface area contributed by atoms with E-state index in [0.717, 1.165) is 25.0 Å². The van der Waals surface area contributed by atoms with Crippen LogP contribution in [0.25, 0.3) is 0 Å². The zero-order valence-corrected chi connectivity index (χ0v) is 12.7. The van der Waals surface area contributed by atoms with Gasteiger partial charge in [0, 0.05) is 12.7 Å². The van der Waals surface area contributed by atoms with E-state index in [1.165, 1.54) is 17.4 Å². The van der Waals surface area contributed by atoms with Crippen LogP contribution in [0.1, 0.15) is 36.8 Å². The van der Waals surface area contributed by atoms with Crippen LogP contribution in [0, 0.1) is 13.8 Å². The molecule has 2 unspecified atom stereocenters. The summed E-state index contributed by atoms with van der Waals surface area (Å²) in [5.74, 6) is 0.858. The van der Waals surface area contributed by atoms with Gasteiger partial charge in [-0.1, -0.05) is 6.07 Å². The second-order valence-corrected chi connectivity index (χ2v) is 8.01. The zero-order valence-electron chi connectivity index (χ0n) is 11.8. The Hall–Kier alpha value is -1.03. The highest BCUT2D eigenvalue weighted by atomic mass is 32.2. The maximum absolute atomic E-state index is 11.6. The van der Waals surface area contributed by atoms with Crippen LogP contribution in [-0.4, -0.2) is 26.0 Å². The number of aryl methyl sites for hydroxylation is 2. The Morgan fingerprint density at radius 3 is 2.32 bits per heavy atom. The third-order valence-electron chi connectivity index (χ3n) is 3.68. The van der Waals surface area contributed by atoms with Crippen LogP contribution in [0.3, 0.4) is 0 Å². The first-order valence-electron chi connectivity index (χ1n) is 6.78. The standard InChI is InChI=1S/C15H22O3S/c1-11-7-12(2)9-14(8-11)18-13-5-4-6-15(10-13)19(3,16)17/h7-9,13,15H,4-6,10H2,1-3H3. The molecule has 1 aromatic rings. The molecule has 0 radical (unpaired) electrons. The molecule has 0 aromatic heterocycles. The molecule has 1 aromatic carbocycles. The van der Waals surface area contributed by atoms with Crippen molar-refractivity contribution in [1.29, 1.82) is 0 Å². The van der Waals surface area contributed by atoms with Crippen molar-refractivity contribution < 1.29 is 13.2 Å². The molecule has 1 saturated carbocycles. The minimum absolute atomic E-state index is 0.0228. The van der Waals surface area contributed by atoms with Gasteiger partial charge in [0.2, 0.25) is 0 Å².